The molecule has 0 spiro atoms. The fourth-order valence-corrected chi connectivity index (χ4v) is 2.70. The molecule has 1 fully saturated rings. The van der Waals surface area contributed by atoms with E-state index in [4.69, 9.17) is 10.5 Å². The van der Waals surface area contributed by atoms with Gasteiger partial charge in [0.25, 0.3) is 0 Å². The fraction of sp³-hybridized carbons (Fsp3) is 0.333. The summed E-state index contributed by atoms with van der Waals surface area (Å²) in [6, 6.07) is 19.0. The molecule has 3 nitrogen and oxygen atoms in total. The lowest BCUT2D eigenvalue weighted by Gasteiger charge is -2.23. The molecule has 1 heterocycles. The van der Waals surface area contributed by atoms with E-state index in [1.165, 1.54) is 11.1 Å². The van der Waals surface area contributed by atoms with Gasteiger partial charge >= 0.3 is 0 Å². The van der Waals surface area contributed by atoms with Crippen molar-refractivity contribution >= 4 is 5.69 Å². The van der Waals surface area contributed by atoms with E-state index < -0.39 is 0 Å². The molecule has 2 aromatic rings. The molecule has 0 bridgehead atoms. The highest BCUT2D eigenvalue weighted by atomic mass is 16.5. The molecule has 21 heavy (non-hydrogen) atoms. The zero-order valence-corrected chi connectivity index (χ0v) is 12.2. The Labute approximate surface area is 126 Å². The maximum Gasteiger partial charge on any atom is 0.0664 e. The van der Waals surface area contributed by atoms with Gasteiger partial charge in [0.15, 0.2) is 0 Å². The standard InChI is InChI=1S/C18H22N2O/c19-18(10-11-21-14-18)13-20-17-9-5-4-8-16(17)12-15-6-2-1-3-7-15/h1-9,20H,10-14,19H2. The van der Waals surface area contributed by atoms with Crippen LogP contribution in [0.4, 0.5) is 5.69 Å². The highest BCUT2D eigenvalue weighted by molar-refractivity contribution is 5.53. The molecular weight excluding hydrogens is 260 g/mol. The minimum absolute atomic E-state index is 0.236. The third kappa shape index (κ3) is 3.63. The van der Waals surface area contributed by atoms with E-state index in [1.807, 2.05) is 6.07 Å². The van der Waals surface area contributed by atoms with E-state index in [0.29, 0.717) is 6.61 Å². The number of nitrogens with one attached hydrogen (secondary N) is 1. The molecular formula is C18H22N2O. The maximum absolute atomic E-state index is 6.32. The van der Waals surface area contributed by atoms with E-state index in [2.05, 4.69) is 53.8 Å². The Bertz CT molecular complexity index is 577. The van der Waals surface area contributed by atoms with Crippen LogP contribution in [0.5, 0.6) is 0 Å². The van der Waals surface area contributed by atoms with E-state index in [9.17, 15) is 0 Å². The van der Waals surface area contributed by atoms with Gasteiger partial charge in [-0.15, -0.1) is 0 Å². The predicted octanol–water partition coefficient (Wildman–Crippen LogP) is 2.81. The van der Waals surface area contributed by atoms with Gasteiger partial charge < -0.3 is 15.8 Å². The van der Waals surface area contributed by atoms with Crippen LogP contribution in [0, 0.1) is 0 Å². The number of rotatable bonds is 5. The summed E-state index contributed by atoms with van der Waals surface area (Å²) in [5, 5.41) is 3.51. The van der Waals surface area contributed by atoms with Gasteiger partial charge in [0, 0.05) is 18.8 Å². The zero-order chi connectivity index (χ0) is 14.5. The molecule has 1 atom stereocenters. The van der Waals surface area contributed by atoms with Crippen LogP contribution in [0.1, 0.15) is 17.5 Å². The summed E-state index contributed by atoms with van der Waals surface area (Å²) < 4.78 is 5.41. The predicted molar refractivity (Wildman–Crippen MR) is 86.5 cm³/mol. The van der Waals surface area contributed by atoms with Crippen molar-refractivity contribution in [2.75, 3.05) is 25.1 Å². The Morgan fingerprint density at radius 2 is 1.81 bits per heavy atom. The van der Waals surface area contributed by atoms with Crippen molar-refractivity contribution in [2.45, 2.75) is 18.4 Å². The molecule has 2 aromatic carbocycles. The molecule has 0 aromatic heterocycles. The molecule has 3 N–H and O–H groups in total. The second-order valence-corrected chi connectivity index (χ2v) is 5.84. The largest absolute Gasteiger partial charge is 0.383 e. The summed E-state index contributed by atoms with van der Waals surface area (Å²) >= 11 is 0. The first-order valence-electron chi connectivity index (χ1n) is 7.48. The lowest BCUT2D eigenvalue weighted by atomic mass is 9.99. The topological polar surface area (TPSA) is 47.3 Å². The molecule has 3 heteroatoms. The Morgan fingerprint density at radius 1 is 1.05 bits per heavy atom. The van der Waals surface area contributed by atoms with Crippen LogP contribution in [0.2, 0.25) is 0 Å². The number of benzene rings is 2. The Morgan fingerprint density at radius 3 is 2.57 bits per heavy atom. The van der Waals surface area contributed by atoms with Crippen LogP contribution in [-0.2, 0) is 11.2 Å². The Balaban J connectivity index is 1.70. The lowest BCUT2D eigenvalue weighted by Crippen LogP contribution is -2.46. The normalized spacial score (nSPS) is 21.4. The number of anilines is 1. The number of hydrogen-bond donors (Lipinski definition) is 2. The first-order chi connectivity index (χ1) is 10.3. The highest BCUT2D eigenvalue weighted by Crippen LogP contribution is 2.21. The number of ether oxygens (including phenoxy) is 1. The van der Waals surface area contributed by atoms with Gasteiger partial charge in [0.05, 0.1) is 12.1 Å². The van der Waals surface area contributed by atoms with E-state index in [1.54, 1.807) is 0 Å². The highest BCUT2D eigenvalue weighted by Gasteiger charge is 2.30. The van der Waals surface area contributed by atoms with Gasteiger partial charge in [-0.3, -0.25) is 0 Å². The molecule has 3 rings (SSSR count). The van der Waals surface area contributed by atoms with Gasteiger partial charge in [-0.05, 0) is 30.0 Å². The second-order valence-electron chi connectivity index (χ2n) is 5.84. The second kappa shape index (κ2) is 6.29. The Hall–Kier alpha value is -1.84. The third-order valence-electron chi connectivity index (χ3n) is 4.02. The van der Waals surface area contributed by atoms with Crippen molar-refractivity contribution < 1.29 is 4.74 Å². The van der Waals surface area contributed by atoms with Crippen LogP contribution in [0.15, 0.2) is 54.6 Å². The quantitative estimate of drug-likeness (QED) is 0.886. The monoisotopic (exact) mass is 282 g/mol. The van der Waals surface area contributed by atoms with Gasteiger partial charge in [-0.1, -0.05) is 48.5 Å². The zero-order valence-electron chi connectivity index (χ0n) is 12.2. The number of hydrogen-bond acceptors (Lipinski definition) is 3. The molecule has 1 unspecified atom stereocenters. The smallest absolute Gasteiger partial charge is 0.0664 e. The van der Waals surface area contributed by atoms with E-state index in [0.717, 1.165) is 31.7 Å². The third-order valence-corrected chi connectivity index (χ3v) is 4.02. The molecule has 0 radical (unpaired) electrons. The average Bonchev–Trinajstić information content (AvgIpc) is 2.95. The fourth-order valence-electron chi connectivity index (χ4n) is 2.70. The first-order valence-corrected chi connectivity index (χ1v) is 7.48. The van der Waals surface area contributed by atoms with Crippen molar-refractivity contribution in [1.29, 1.82) is 0 Å². The van der Waals surface area contributed by atoms with Crippen molar-refractivity contribution in [1.82, 2.24) is 0 Å². The minimum atomic E-state index is -0.236. The van der Waals surface area contributed by atoms with Gasteiger partial charge in [-0.2, -0.15) is 0 Å². The van der Waals surface area contributed by atoms with Crippen molar-refractivity contribution in [3.8, 4) is 0 Å². The number of nitrogens with two attached hydrogens (primary N) is 1. The van der Waals surface area contributed by atoms with Gasteiger partial charge in [0.2, 0.25) is 0 Å². The minimum Gasteiger partial charge on any atom is -0.383 e. The summed E-state index contributed by atoms with van der Waals surface area (Å²) in [4.78, 5) is 0. The molecule has 0 amide bonds. The van der Waals surface area contributed by atoms with Crippen LogP contribution in [0.25, 0.3) is 0 Å². The van der Waals surface area contributed by atoms with Crippen molar-refractivity contribution in [3.63, 3.8) is 0 Å². The summed E-state index contributed by atoms with van der Waals surface area (Å²) in [6.45, 7) is 2.16. The van der Waals surface area contributed by atoms with Gasteiger partial charge in [0.1, 0.15) is 0 Å². The average molecular weight is 282 g/mol. The van der Waals surface area contributed by atoms with Crippen LogP contribution < -0.4 is 11.1 Å². The molecule has 1 saturated heterocycles. The SMILES string of the molecule is NC1(CNc2ccccc2Cc2ccccc2)CCOC1. The van der Waals surface area contributed by atoms with Crippen LogP contribution in [0.3, 0.4) is 0 Å². The maximum atomic E-state index is 6.32. The van der Waals surface area contributed by atoms with Crippen molar-refractivity contribution in [2.24, 2.45) is 5.73 Å². The summed E-state index contributed by atoms with van der Waals surface area (Å²) in [6.07, 6.45) is 1.85. The molecule has 0 aliphatic carbocycles. The molecule has 1 aliphatic heterocycles. The Kier molecular flexibility index (Phi) is 4.23. The van der Waals surface area contributed by atoms with Crippen LogP contribution >= 0.6 is 0 Å². The molecule has 0 saturated carbocycles. The molecule has 110 valence electrons. The van der Waals surface area contributed by atoms with E-state index >= 15 is 0 Å². The van der Waals surface area contributed by atoms with Crippen molar-refractivity contribution in [3.05, 3.63) is 65.7 Å². The van der Waals surface area contributed by atoms with Gasteiger partial charge in [-0.25, -0.2) is 0 Å². The lowest BCUT2D eigenvalue weighted by molar-refractivity contribution is 0.180. The van der Waals surface area contributed by atoms with E-state index in [-0.39, 0.29) is 5.54 Å². The molecule has 1 aliphatic rings. The first kappa shape index (κ1) is 14.1. The summed E-state index contributed by atoms with van der Waals surface area (Å²) in [7, 11) is 0. The summed E-state index contributed by atoms with van der Waals surface area (Å²) in [5.41, 5.74) is 9.87. The van der Waals surface area contributed by atoms with Crippen LogP contribution in [-0.4, -0.2) is 25.3 Å². The number of para-hydroxylation sites is 1. The summed E-state index contributed by atoms with van der Waals surface area (Å²) in [5.74, 6) is 0.